The van der Waals surface area contributed by atoms with E-state index in [1.807, 2.05) is 0 Å². The minimum absolute atomic E-state index is 0. The molecule has 0 saturated carbocycles. The number of hydrogen-bond donors (Lipinski definition) is 11. The Morgan fingerprint density at radius 1 is 1.08 bits per heavy atom. The second-order valence-electron chi connectivity index (χ2n) is 11.3. The number of hydroxylamine groups is 4. The molecule has 1 aliphatic heterocycles. The summed E-state index contributed by atoms with van der Waals surface area (Å²) in [4.78, 5) is 81.0. The maximum Gasteiger partial charge on any atom is 0.268 e. The topological polar surface area (TPSA) is 310 Å². The fourth-order valence-electron chi connectivity index (χ4n) is 4.81. The zero-order chi connectivity index (χ0) is 35.6. The number of piperidine rings is 1. The van der Waals surface area contributed by atoms with Crippen LogP contribution in [0, 0.1) is 0 Å². The number of carbonyl (C=O) groups is 6. The molecular weight excluding hydrogens is 690 g/mol. The van der Waals surface area contributed by atoms with Gasteiger partial charge in [-0.15, -0.1) is 0 Å². The van der Waals surface area contributed by atoms with E-state index >= 15 is 0 Å². The molecule has 21 heteroatoms. The molecule has 49 heavy (non-hydrogen) atoms. The number of nitrogens with one attached hydrogen (secondary N) is 6. The Labute approximate surface area is 294 Å². The standard InChI is InChI=1S/C28H49N11O9.Fe/c1-31-17(25(43)36-18(5-2-10-29)26(44)37-19-7-4-14-39(48)28(19)46)6-3-13-38(47)22(41)9-12-33-21(40)8-11-34-27(45)23(30)24(42)20-15-32-16-35-20;/h15-19,23-24,31,42,47-48H,2-14,29-30H2,1H3,(H,32,35)(H,33,40)(H,34,45)(H,36,43)(H,37,44);. The van der Waals surface area contributed by atoms with E-state index in [9.17, 15) is 44.3 Å². The Kier molecular flexibility index (Phi) is 20.2. The van der Waals surface area contributed by atoms with E-state index in [0.717, 1.165) is 0 Å². The number of H-pyrrole nitrogens is 1. The summed E-state index contributed by atoms with van der Waals surface area (Å²) in [6, 6.07) is -3.93. The van der Waals surface area contributed by atoms with E-state index in [2.05, 4.69) is 36.6 Å². The number of aliphatic hydroxyl groups is 1. The van der Waals surface area contributed by atoms with Gasteiger partial charge >= 0.3 is 0 Å². The molecule has 0 radical (unpaired) electrons. The number of imidazole rings is 1. The minimum atomic E-state index is -1.33. The molecule has 1 aromatic heterocycles. The van der Waals surface area contributed by atoms with Crippen LogP contribution >= 0.6 is 0 Å². The average molecular weight is 740 g/mol. The molecule has 2 heterocycles. The van der Waals surface area contributed by atoms with Gasteiger partial charge in [-0.05, 0) is 52.1 Å². The molecule has 6 amide bonds. The van der Waals surface area contributed by atoms with E-state index < -0.39 is 65.7 Å². The van der Waals surface area contributed by atoms with E-state index in [-0.39, 0.29) is 87.6 Å². The first-order chi connectivity index (χ1) is 22.9. The van der Waals surface area contributed by atoms with Crippen molar-refractivity contribution in [1.29, 1.82) is 0 Å². The number of rotatable bonds is 21. The SMILES string of the molecule is CNC(CCCN(O)C(=O)CCNC(=O)CCNC(=O)C(N)C(O)c1c[nH]cn1)C(=O)NC(CCCN)C(=O)NC1CCCN(O)C1=O.[Fe]. The van der Waals surface area contributed by atoms with Gasteiger partial charge in [0.25, 0.3) is 5.91 Å². The van der Waals surface area contributed by atoms with Crippen molar-refractivity contribution in [1.82, 2.24) is 46.7 Å². The van der Waals surface area contributed by atoms with Crippen LogP contribution in [0.5, 0.6) is 0 Å². The summed E-state index contributed by atoms with van der Waals surface area (Å²) in [7, 11) is 1.55. The average Bonchev–Trinajstić information content (AvgIpc) is 3.61. The van der Waals surface area contributed by atoms with Gasteiger partial charge in [-0.3, -0.25) is 39.2 Å². The Morgan fingerprint density at radius 2 is 1.78 bits per heavy atom. The van der Waals surface area contributed by atoms with Crippen molar-refractivity contribution in [3.05, 3.63) is 18.2 Å². The maximum absolute atomic E-state index is 13.0. The number of likely N-dealkylation sites (N-methyl/N-ethyl adjacent to an activating group) is 1. The molecule has 2 rings (SSSR count). The first-order valence-corrected chi connectivity index (χ1v) is 15.8. The van der Waals surface area contributed by atoms with Crippen molar-refractivity contribution >= 4 is 35.4 Å². The molecule has 0 aromatic carbocycles. The van der Waals surface area contributed by atoms with Gasteiger partial charge in [0.05, 0.1) is 18.1 Å². The van der Waals surface area contributed by atoms with Crippen molar-refractivity contribution in [3.63, 3.8) is 0 Å². The zero-order valence-corrected chi connectivity index (χ0v) is 28.5. The normalized spacial score (nSPS) is 16.7. The second kappa shape index (κ2) is 22.9. The molecule has 1 saturated heterocycles. The third kappa shape index (κ3) is 14.8. The number of carbonyl (C=O) groups excluding carboxylic acids is 6. The summed E-state index contributed by atoms with van der Waals surface area (Å²) < 4.78 is 0. The number of amides is 6. The van der Waals surface area contributed by atoms with Crippen LogP contribution in [0.2, 0.25) is 0 Å². The number of nitrogens with zero attached hydrogens (tertiary/aromatic N) is 3. The van der Waals surface area contributed by atoms with Gasteiger partial charge in [0, 0.05) is 62.3 Å². The molecule has 0 bridgehead atoms. The summed E-state index contributed by atoms with van der Waals surface area (Å²) in [5.41, 5.74) is 11.5. The molecule has 5 atom stereocenters. The Bertz CT molecular complexity index is 1210. The van der Waals surface area contributed by atoms with Crippen molar-refractivity contribution in [2.24, 2.45) is 11.5 Å². The summed E-state index contributed by atoms with van der Waals surface area (Å²) in [6.45, 7) is 0.215. The zero-order valence-electron chi connectivity index (χ0n) is 27.4. The molecule has 0 spiro atoms. The van der Waals surface area contributed by atoms with Crippen LogP contribution in [-0.4, -0.2) is 135 Å². The van der Waals surface area contributed by atoms with Crippen LogP contribution in [0.15, 0.2) is 12.5 Å². The van der Waals surface area contributed by atoms with Gasteiger partial charge in [-0.2, -0.15) is 0 Å². The Morgan fingerprint density at radius 3 is 2.43 bits per heavy atom. The number of aliphatic hydroxyl groups excluding tert-OH is 1. The predicted octanol–water partition coefficient (Wildman–Crippen LogP) is -3.91. The molecule has 0 aliphatic carbocycles. The number of aromatic amines is 1. The maximum atomic E-state index is 13.0. The molecule has 278 valence electrons. The van der Waals surface area contributed by atoms with Crippen molar-refractivity contribution < 1.29 is 61.4 Å². The number of aromatic nitrogens is 2. The van der Waals surface area contributed by atoms with Gasteiger partial charge in [-0.1, -0.05) is 0 Å². The van der Waals surface area contributed by atoms with E-state index in [1.165, 1.54) is 12.5 Å². The molecule has 13 N–H and O–H groups in total. The quantitative estimate of drug-likeness (QED) is 0.0327. The van der Waals surface area contributed by atoms with Gasteiger partial charge in [-0.25, -0.2) is 15.1 Å². The fraction of sp³-hybridized carbons (Fsp3) is 0.679. The molecule has 1 aliphatic rings. The first kappa shape index (κ1) is 43.3. The van der Waals surface area contributed by atoms with Gasteiger partial charge in [0.15, 0.2) is 0 Å². The number of hydrogen-bond acceptors (Lipinski definition) is 13. The van der Waals surface area contributed by atoms with E-state index in [4.69, 9.17) is 11.5 Å². The van der Waals surface area contributed by atoms with Crippen LogP contribution in [-0.2, 0) is 45.8 Å². The summed E-state index contributed by atoms with van der Waals surface area (Å²) in [5.74, 6) is -3.50. The molecule has 5 unspecified atom stereocenters. The van der Waals surface area contributed by atoms with Crippen LogP contribution in [0.25, 0.3) is 0 Å². The molecule has 20 nitrogen and oxygen atoms in total. The first-order valence-electron chi connectivity index (χ1n) is 15.8. The third-order valence-electron chi connectivity index (χ3n) is 7.65. The fourth-order valence-corrected chi connectivity index (χ4v) is 4.81. The van der Waals surface area contributed by atoms with Crippen LogP contribution in [0.3, 0.4) is 0 Å². The van der Waals surface area contributed by atoms with E-state index in [0.29, 0.717) is 29.4 Å². The minimum Gasteiger partial charge on any atom is -0.385 e. The Balaban J connectivity index is 0.0000120. The summed E-state index contributed by atoms with van der Waals surface area (Å²) in [6.07, 6.45) is 3.02. The van der Waals surface area contributed by atoms with Crippen molar-refractivity contribution in [2.45, 2.75) is 81.6 Å². The largest absolute Gasteiger partial charge is 0.385 e. The molecular formula is C28H49FeN11O9. The number of nitrogens with two attached hydrogens (primary N) is 2. The van der Waals surface area contributed by atoms with Crippen molar-refractivity contribution in [2.75, 3.05) is 39.8 Å². The van der Waals surface area contributed by atoms with Crippen LogP contribution in [0.1, 0.15) is 63.2 Å². The monoisotopic (exact) mass is 739 g/mol. The Hall–Kier alpha value is -3.69. The third-order valence-corrected chi connectivity index (χ3v) is 7.65. The van der Waals surface area contributed by atoms with Gasteiger partial charge in [0.1, 0.15) is 24.2 Å². The van der Waals surface area contributed by atoms with E-state index in [1.54, 1.807) is 7.05 Å². The molecule has 1 aromatic rings. The molecule has 1 fully saturated rings. The van der Waals surface area contributed by atoms with Crippen LogP contribution < -0.4 is 38.1 Å². The van der Waals surface area contributed by atoms with Gasteiger partial charge in [0.2, 0.25) is 29.5 Å². The van der Waals surface area contributed by atoms with Crippen molar-refractivity contribution in [3.8, 4) is 0 Å². The summed E-state index contributed by atoms with van der Waals surface area (Å²) >= 11 is 0. The smallest absolute Gasteiger partial charge is 0.268 e. The summed E-state index contributed by atoms with van der Waals surface area (Å²) in [5, 5.41) is 44.0. The van der Waals surface area contributed by atoms with Gasteiger partial charge < -0.3 is 48.1 Å². The second-order valence-corrected chi connectivity index (χ2v) is 11.3. The van der Waals surface area contributed by atoms with Crippen LogP contribution in [0.4, 0.5) is 0 Å². The predicted molar refractivity (Wildman–Crippen MR) is 167 cm³/mol.